The zero-order chi connectivity index (χ0) is 16.0. The van der Waals surface area contributed by atoms with Gasteiger partial charge >= 0.3 is 6.09 Å². The van der Waals surface area contributed by atoms with Gasteiger partial charge in [-0.15, -0.1) is 0 Å². The predicted molar refractivity (Wildman–Crippen MR) is 87.5 cm³/mol. The molecule has 1 amide bonds. The Morgan fingerprint density at radius 1 is 1.29 bits per heavy atom. The molecule has 0 spiro atoms. The van der Waals surface area contributed by atoms with Gasteiger partial charge in [0.2, 0.25) is 0 Å². The van der Waals surface area contributed by atoms with Crippen LogP contribution in [0.15, 0.2) is 0 Å². The van der Waals surface area contributed by atoms with E-state index in [1.165, 1.54) is 6.42 Å². The SMILES string of the molecule is CCC(C)C(C)NC1CCCN(C(=O)OC(C)(C)C)CC1. The van der Waals surface area contributed by atoms with Gasteiger partial charge in [-0.1, -0.05) is 20.3 Å². The minimum atomic E-state index is -0.411. The second kappa shape index (κ2) is 8.02. The summed E-state index contributed by atoms with van der Waals surface area (Å²) in [7, 11) is 0. The number of likely N-dealkylation sites (tertiary alicyclic amines) is 1. The van der Waals surface area contributed by atoms with Crippen LogP contribution in [0.2, 0.25) is 0 Å². The fourth-order valence-corrected chi connectivity index (χ4v) is 2.66. The van der Waals surface area contributed by atoms with Crippen molar-refractivity contribution in [3.8, 4) is 0 Å². The van der Waals surface area contributed by atoms with E-state index in [2.05, 4.69) is 26.1 Å². The Labute approximate surface area is 130 Å². The summed E-state index contributed by atoms with van der Waals surface area (Å²) < 4.78 is 5.47. The maximum atomic E-state index is 12.1. The second-order valence-electron chi connectivity index (χ2n) is 7.44. The highest BCUT2D eigenvalue weighted by molar-refractivity contribution is 5.68. The van der Waals surface area contributed by atoms with Gasteiger partial charge in [0.15, 0.2) is 0 Å². The molecule has 1 aliphatic rings. The quantitative estimate of drug-likeness (QED) is 0.858. The predicted octanol–water partition coefficient (Wildman–Crippen LogP) is 3.80. The Bertz CT molecular complexity index is 325. The monoisotopic (exact) mass is 298 g/mol. The van der Waals surface area contributed by atoms with Crippen LogP contribution in [0.5, 0.6) is 0 Å². The third-order valence-corrected chi connectivity index (χ3v) is 4.38. The number of ether oxygens (including phenoxy) is 1. The van der Waals surface area contributed by atoms with Crippen LogP contribution in [-0.4, -0.2) is 41.8 Å². The van der Waals surface area contributed by atoms with Gasteiger partial charge in [-0.3, -0.25) is 0 Å². The third kappa shape index (κ3) is 6.68. The summed E-state index contributed by atoms with van der Waals surface area (Å²) in [6.07, 6.45) is 4.23. The number of nitrogens with one attached hydrogen (secondary N) is 1. The summed E-state index contributed by atoms with van der Waals surface area (Å²) in [5.74, 6) is 0.690. The van der Waals surface area contributed by atoms with E-state index in [-0.39, 0.29) is 6.09 Å². The molecule has 1 rings (SSSR count). The minimum Gasteiger partial charge on any atom is -0.444 e. The van der Waals surface area contributed by atoms with E-state index in [0.29, 0.717) is 18.0 Å². The molecule has 4 heteroatoms. The van der Waals surface area contributed by atoms with Gasteiger partial charge in [-0.25, -0.2) is 4.79 Å². The number of carbonyl (C=O) groups is 1. The fourth-order valence-electron chi connectivity index (χ4n) is 2.66. The molecule has 21 heavy (non-hydrogen) atoms. The summed E-state index contributed by atoms with van der Waals surface area (Å²) >= 11 is 0. The number of carbonyl (C=O) groups excluding carboxylic acids is 1. The van der Waals surface area contributed by atoms with Gasteiger partial charge in [0, 0.05) is 25.2 Å². The summed E-state index contributed by atoms with van der Waals surface area (Å²) in [6, 6.07) is 1.05. The van der Waals surface area contributed by atoms with Gasteiger partial charge in [-0.05, 0) is 52.9 Å². The number of nitrogens with zero attached hydrogens (tertiary/aromatic N) is 1. The van der Waals surface area contributed by atoms with Crippen molar-refractivity contribution in [2.24, 2.45) is 5.92 Å². The minimum absolute atomic E-state index is 0.168. The van der Waals surface area contributed by atoms with E-state index in [4.69, 9.17) is 4.74 Å². The molecule has 1 fully saturated rings. The molecule has 0 radical (unpaired) electrons. The normalized spacial score (nSPS) is 23.3. The first-order chi connectivity index (χ1) is 9.73. The van der Waals surface area contributed by atoms with Gasteiger partial charge in [-0.2, -0.15) is 0 Å². The maximum absolute atomic E-state index is 12.1. The molecule has 0 aliphatic carbocycles. The average Bonchev–Trinajstić information content (AvgIpc) is 2.61. The van der Waals surface area contributed by atoms with Crippen molar-refractivity contribution in [3.63, 3.8) is 0 Å². The van der Waals surface area contributed by atoms with Crippen LogP contribution in [0.4, 0.5) is 4.79 Å². The van der Waals surface area contributed by atoms with Crippen molar-refractivity contribution in [2.75, 3.05) is 13.1 Å². The molecule has 4 nitrogen and oxygen atoms in total. The van der Waals surface area contributed by atoms with Gasteiger partial charge in [0.1, 0.15) is 5.60 Å². The second-order valence-corrected chi connectivity index (χ2v) is 7.44. The first-order valence-corrected chi connectivity index (χ1v) is 8.47. The molecule has 3 atom stereocenters. The van der Waals surface area contributed by atoms with E-state index < -0.39 is 5.60 Å². The lowest BCUT2D eigenvalue weighted by Gasteiger charge is -2.27. The molecule has 124 valence electrons. The van der Waals surface area contributed by atoms with E-state index in [0.717, 1.165) is 32.4 Å². The average molecular weight is 298 g/mol. The Hall–Kier alpha value is -0.770. The molecule has 1 N–H and O–H groups in total. The summed E-state index contributed by atoms with van der Waals surface area (Å²) in [6.45, 7) is 14.2. The Balaban J connectivity index is 2.45. The zero-order valence-electron chi connectivity index (χ0n) is 14.7. The van der Waals surface area contributed by atoms with E-state index in [1.54, 1.807) is 0 Å². The molecule has 1 saturated heterocycles. The van der Waals surface area contributed by atoms with Gasteiger partial charge in [0.05, 0.1) is 0 Å². The van der Waals surface area contributed by atoms with E-state index in [1.807, 2.05) is 25.7 Å². The molecule has 0 saturated carbocycles. The molecule has 1 aliphatic heterocycles. The van der Waals surface area contributed by atoms with Crippen LogP contribution in [0.1, 0.15) is 67.2 Å². The molecule has 0 aromatic rings. The molecule has 0 bridgehead atoms. The molecule has 0 aromatic carbocycles. The number of rotatable bonds is 4. The molecule has 0 aromatic heterocycles. The Kier molecular flexibility index (Phi) is 6.98. The van der Waals surface area contributed by atoms with E-state index >= 15 is 0 Å². The van der Waals surface area contributed by atoms with Crippen molar-refractivity contribution in [1.29, 1.82) is 0 Å². The van der Waals surface area contributed by atoms with Crippen molar-refractivity contribution in [1.82, 2.24) is 10.2 Å². The molecular formula is C17H34N2O2. The number of hydrogen-bond acceptors (Lipinski definition) is 3. The van der Waals surface area contributed by atoms with Crippen molar-refractivity contribution < 1.29 is 9.53 Å². The summed E-state index contributed by atoms with van der Waals surface area (Å²) in [5.41, 5.74) is -0.411. The van der Waals surface area contributed by atoms with Gasteiger partial charge in [0.25, 0.3) is 0 Å². The molecule has 1 heterocycles. The standard InChI is InChI=1S/C17H34N2O2/c1-7-13(2)14(3)18-15-9-8-11-19(12-10-15)16(20)21-17(4,5)6/h13-15,18H,7-12H2,1-6H3. The lowest BCUT2D eigenvalue weighted by molar-refractivity contribution is 0.0256. The number of hydrogen-bond donors (Lipinski definition) is 1. The van der Waals surface area contributed by atoms with E-state index in [9.17, 15) is 4.79 Å². The highest BCUT2D eigenvalue weighted by atomic mass is 16.6. The fraction of sp³-hybridized carbons (Fsp3) is 0.941. The van der Waals surface area contributed by atoms with Gasteiger partial charge < -0.3 is 15.0 Å². The Morgan fingerprint density at radius 3 is 2.52 bits per heavy atom. The van der Waals surface area contributed by atoms with Crippen LogP contribution in [-0.2, 0) is 4.74 Å². The van der Waals surface area contributed by atoms with Crippen LogP contribution in [0, 0.1) is 5.92 Å². The first-order valence-electron chi connectivity index (χ1n) is 8.47. The Morgan fingerprint density at radius 2 is 1.95 bits per heavy atom. The number of amides is 1. The van der Waals surface area contributed by atoms with Crippen LogP contribution in [0.3, 0.4) is 0 Å². The summed E-state index contributed by atoms with van der Waals surface area (Å²) in [4.78, 5) is 14.0. The lowest BCUT2D eigenvalue weighted by atomic mass is 9.98. The summed E-state index contributed by atoms with van der Waals surface area (Å²) in [5, 5.41) is 3.74. The first kappa shape index (κ1) is 18.3. The zero-order valence-corrected chi connectivity index (χ0v) is 14.7. The smallest absolute Gasteiger partial charge is 0.410 e. The van der Waals surface area contributed by atoms with Crippen LogP contribution in [0.25, 0.3) is 0 Å². The topological polar surface area (TPSA) is 41.6 Å². The lowest BCUT2D eigenvalue weighted by Crippen LogP contribution is -2.41. The molecular weight excluding hydrogens is 264 g/mol. The largest absolute Gasteiger partial charge is 0.444 e. The van der Waals surface area contributed by atoms with Crippen molar-refractivity contribution in [3.05, 3.63) is 0 Å². The van der Waals surface area contributed by atoms with Crippen LogP contribution < -0.4 is 5.32 Å². The highest BCUT2D eigenvalue weighted by Crippen LogP contribution is 2.17. The van der Waals surface area contributed by atoms with Crippen molar-refractivity contribution >= 4 is 6.09 Å². The molecule has 3 unspecified atom stereocenters. The third-order valence-electron chi connectivity index (χ3n) is 4.38. The van der Waals surface area contributed by atoms with Crippen molar-refractivity contribution in [2.45, 2.75) is 84.9 Å². The highest BCUT2D eigenvalue weighted by Gasteiger charge is 2.26. The van der Waals surface area contributed by atoms with Crippen LogP contribution >= 0.6 is 0 Å². The maximum Gasteiger partial charge on any atom is 0.410 e.